The highest BCUT2D eigenvalue weighted by Crippen LogP contribution is 2.29. The van der Waals surface area contributed by atoms with Gasteiger partial charge in [0.05, 0.1) is 0 Å². The molecule has 1 heterocycles. The monoisotopic (exact) mass is 209 g/mol. The Balaban J connectivity index is 2.31. The predicted octanol–water partition coefficient (Wildman–Crippen LogP) is 3.64. The van der Waals surface area contributed by atoms with Crippen molar-refractivity contribution < 1.29 is 0 Å². The van der Waals surface area contributed by atoms with Crippen LogP contribution >= 0.6 is 11.6 Å². The minimum Gasteiger partial charge on any atom is -0.369 e. The number of hydrogen-bond donors (Lipinski definition) is 0. The van der Waals surface area contributed by atoms with Crippen LogP contribution in [-0.2, 0) is 0 Å². The summed E-state index contributed by atoms with van der Waals surface area (Å²) < 4.78 is 0. The van der Waals surface area contributed by atoms with E-state index in [2.05, 4.69) is 24.8 Å². The molecule has 0 saturated carbocycles. The van der Waals surface area contributed by atoms with Gasteiger partial charge in [-0.25, -0.2) is 0 Å². The van der Waals surface area contributed by atoms with Crippen molar-refractivity contribution >= 4 is 17.3 Å². The first-order chi connectivity index (χ1) is 6.68. The highest BCUT2D eigenvalue weighted by Gasteiger charge is 2.21. The number of anilines is 1. The zero-order valence-corrected chi connectivity index (χ0v) is 9.51. The fraction of sp³-hybridized carbons (Fsp3) is 0.500. The van der Waals surface area contributed by atoms with E-state index in [1.165, 1.54) is 30.6 Å². The Morgan fingerprint density at radius 2 is 2.21 bits per heavy atom. The highest BCUT2D eigenvalue weighted by atomic mass is 35.5. The van der Waals surface area contributed by atoms with E-state index in [9.17, 15) is 0 Å². The molecule has 0 amide bonds. The average Bonchev–Trinajstić information content (AvgIpc) is 2.52. The van der Waals surface area contributed by atoms with Gasteiger partial charge in [0.15, 0.2) is 0 Å². The van der Waals surface area contributed by atoms with Gasteiger partial charge in [0.2, 0.25) is 0 Å². The molecule has 0 spiro atoms. The van der Waals surface area contributed by atoms with E-state index in [0.29, 0.717) is 6.04 Å². The fourth-order valence-electron chi connectivity index (χ4n) is 2.23. The van der Waals surface area contributed by atoms with Gasteiger partial charge >= 0.3 is 0 Å². The standard InChI is InChI=1S/C12H16ClN/c1-9-8-11(13)5-6-12(9)14-7-3-4-10(14)2/h5-6,8,10H,3-4,7H2,1-2H3. The maximum atomic E-state index is 5.94. The van der Waals surface area contributed by atoms with Gasteiger partial charge in [-0.3, -0.25) is 0 Å². The second-order valence-corrected chi connectivity index (χ2v) is 4.55. The quantitative estimate of drug-likeness (QED) is 0.683. The summed E-state index contributed by atoms with van der Waals surface area (Å²) in [6.07, 6.45) is 2.62. The molecule has 76 valence electrons. The first-order valence-corrected chi connectivity index (χ1v) is 5.59. The molecule has 2 heteroatoms. The van der Waals surface area contributed by atoms with E-state index in [1.807, 2.05) is 12.1 Å². The van der Waals surface area contributed by atoms with Crippen LogP contribution in [0, 0.1) is 6.92 Å². The summed E-state index contributed by atoms with van der Waals surface area (Å²) >= 11 is 5.94. The van der Waals surface area contributed by atoms with Crippen LogP contribution in [0.5, 0.6) is 0 Å². The topological polar surface area (TPSA) is 3.24 Å². The summed E-state index contributed by atoms with van der Waals surface area (Å²) in [6.45, 7) is 5.61. The molecule has 0 radical (unpaired) electrons. The van der Waals surface area contributed by atoms with Gasteiger partial charge in [0, 0.05) is 23.3 Å². The summed E-state index contributed by atoms with van der Waals surface area (Å²) in [5.74, 6) is 0. The Kier molecular flexibility index (Phi) is 2.69. The SMILES string of the molecule is Cc1cc(Cl)ccc1N1CCCC1C. The van der Waals surface area contributed by atoms with Gasteiger partial charge in [-0.2, -0.15) is 0 Å². The van der Waals surface area contributed by atoms with E-state index in [0.717, 1.165) is 5.02 Å². The lowest BCUT2D eigenvalue weighted by atomic mass is 10.1. The highest BCUT2D eigenvalue weighted by molar-refractivity contribution is 6.30. The Labute approximate surface area is 90.7 Å². The Morgan fingerprint density at radius 3 is 2.79 bits per heavy atom. The lowest BCUT2D eigenvalue weighted by molar-refractivity contribution is 0.733. The molecule has 1 aliphatic heterocycles. The van der Waals surface area contributed by atoms with Crippen molar-refractivity contribution in [1.82, 2.24) is 0 Å². The van der Waals surface area contributed by atoms with Crippen molar-refractivity contribution in [3.8, 4) is 0 Å². The number of benzene rings is 1. The average molecular weight is 210 g/mol. The van der Waals surface area contributed by atoms with Crippen molar-refractivity contribution in [2.24, 2.45) is 0 Å². The fourth-order valence-corrected chi connectivity index (χ4v) is 2.46. The number of halogens is 1. The smallest absolute Gasteiger partial charge is 0.0410 e. The number of nitrogens with zero attached hydrogens (tertiary/aromatic N) is 1. The molecule has 1 aliphatic rings. The van der Waals surface area contributed by atoms with Crippen molar-refractivity contribution in [3.63, 3.8) is 0 Å². The largest absolute Gasteiger partial charge is 0.369 e. The molecule has 1 saturated heterocycles. The molecule has 14 heavy (non-hydrogen) atoms. The molecule has 1 aromatic carbocycles. The molecule has 1 aromatic rings. The van der Waals surface area contributed by atoms with E-state index in [1.54, 1.807) is 0 Å². The van der Waals surface area contributed by atoms with Crippen LogP contribution in [-0.4, -0.2) is 12.6 Å². The molecule has 1 unspecified atom stereocenters. The van der Waals surface area contributed by atoms with Crippen LogP contribution in [0.3, 0.4) is 0 Å². The Bertz CT molecular complexity index is 335. The summed E-state index contributed by atoms with van der Waals surface area (Å²) in [5, 5.41) is 0.832. The van der Waals surface area contributed by atoms with Crippen LogP contribution in [0.15, 0.2) is 18.2 Å². The molecular formula is C12H16ClN. The summed E-state index contributed by atoms with van der Waals surface area (Å²) in [5.41, 5.74) is 2.63. The number of hydrogen-bond acceptors (Lipinski definition) is 1. The van der Waals surface area contributed by atoms with Gasteiger partial charge in [-0.15, -0.1) is 0 Å². The molecule has 1 atom stereocenters. The molecule has 0 bridgehead atoms. The summed E-state index contributed by atoms with van der Waals surface area (Å²) in [6, 6.07) is 6.84. The van der Waals surface area contributed by atoms with Gasteiger partial charge in [-0.1, -0.05) is 11.6 Å². The second kappa shape index (κ2) is 3.82. The van der Waals surface area contributed by atoms with Crippen molar-refractivity contribution in [3.05, 3.63) is 28.8 Å². The van der Waals surface area contributed by atoms with Crippen LogP contribution in [0.25, 0.3) is 0 Å². The minimum atomic E-state index is 0.676. The third-order valence-corrected chi connectivity index (χ3v) is 3.26. The van der Waals surface area contributed by atoms with Gasteiger partial charge in [0.1, 0.15) is 0 Å². The Morgan fingerprint density at radius 1 is 1.43 bits per heavy atom. The van der Waals surface area contributed by atoms with Crippen molar-refractivity contribution in [2.45, 2.75) is 32.7 Å². The van der Waals surface area contributed by atoms with Crippen LogP contribution < -0.4 is 4.90 Å². The van der Waals surface area contributed by atoms with E-state index in [-0.39, 0.29) is 0 Å². The summed E-state index contributed by atoms with van der Waals surface area (Å²) in [4.78, 5) is 2.48. The third kappa shape index (κ3) is 1.74. The zero-order valence-electron chi connectivity index (χ0n) is 8.76. The van der Waals surface area contributed by atoms with E-state index in [4.69, 9.17) is 11.6 Å². The van der Waals surface area contributed by atoms with E-state index < -0.39 is 0 Å². The first kappa shape index (κ1) is 9.85. The zero-order chi connectivity index (χ0) is 10.1. The lowest BCUT2D eigenvalue weighted by Crippen LogP contribution is -2.26. The maximum absolute atomic E-state index is 5.94. The second-order valence-electron chi connectivity index (χ2n) is 4.12. The molecule has 0 aromatic heterocycles. The lowest BCUT2D eigenvalue weighted by Gasteiger charge is -2.25. The van der Waals surface area contributed by atoms with E-state index >= 15 is 0 Å². The summed E-state index contributed by atoms with van der Waals surface area (Å²) in [7, 11) is 0. The Hall–Kier alpha value is -0.690. The minimum absolute atomic E-state index is 0.676. The molecule has 0 N–H and O–H groups in total. The van der Waals surface area contributed by atoms with Gasteiger partial charge in [-0.05, 0) is 50.5 Å². The van der Waals surface area contributed by atoms with Crippen LogP contribution in [0.4, 0.5) is 5.69 Å². The molecular weight excluding hydrogens is 194 g/mol. The third-order valence-electron chi connectivity index (χ3n) is 3.02. The van der Waals surface area contributed by atoms with Gasteiger partial charge in [0.25, 0.3) is 0 Å². The van der Waals surface area contributed by atoms with Crippen molar-refractivity contribution in [2.75, 3.05) is 11.4 Å². The number of aryl methyl sites for hydroxylation is 1. The van der Waals surface area contributed by atoms with Crippen LogP contribution in [0.1, 0.15) is 25.3 Å². The normalized spacial score (nSPS) is 21.6. The van der Waals surface area contributed by atoms with Crippen LogP contribution in [0.2, 0.25) is 5.02 Å². The molecule has 1 nitrogen and oxygen atoms in total. The maximum Gasteiger partial charge on any atom is 0.0410 e. The van der Waals surface area contributed by atoms with Gasteiger partial charge < -0.3 is 4.90 Å². The molecule has 0 aliphatic carbocycles. The predicted molar refractivity (Wildman–Crippen MR) is 62.2 cm³/mol. The molecule has 1 fully saturated rings. The first-order valence-electron chi connectivity index (χ1n) is 5.21. The molecule has 2 rings (SSSR count). The number of rotatable bonds is 1. The van der Waals surface area contributed by atoms with Crippen molar-refractivity contribution in [1.29, 1.82) is 0 Å².